The maximum absolute atomic E-state index is 12.8. The third-order valence-corrected chi connectivity index (χ3v) is 7.14. The fourth-order valence-electron chi connectivity index (χ4n) is 3.40. The lowest BCUT2D eigenvalue weighted by Crippen LogP contribution is -2.40. The van der Waals surface area contributed by atoms with E-state index >= 15 is 0 Å². The summed E-state index contributed by atoms with van der Waals surface area (Å²) in [4.78, 5) is 18.7. The summed E-state index contributed by atoms with van der Waals surface area (Å²) in [5.41, 5.74) is 1.08. The Hall–Kier alpha value is -3.28. The molecule has 1 saturated heterocycles. The number of benzene rings is 2. The summed E-state index contributed by atoms with van der Waals surface area (Å²) in [6.07, 6.45) is 0. The number of carbonyl (C=O) groups is 1. The number of hydrogen-bond donors (Lipinski definition) is 0. The number of nitrogens with zero attached hydrogens (tertiary/aromatic N) is 4. The van der Waals surface area contributed by atoms with E-state index < -0.39 is 10.0 Å². The van der Waals surface area contributed by atoms with Gasteiger partial charge in [0.2, 0.25) is 21.7 Å². The summed E-state index contributed by atoms with van der Waals surface area (Å²) in [6, 6.07) is 13.1. The van der Waals surface area contributed by atoms with E-state index in [1.165, 1.54) is 33.5 Å². The van der Waals surface area contributed by atoms with E-state index in [1.54, 1.807) is 20.2 Å². The van der Waals surface area contributed by atoms with Crippen LogP contribution in [0.2, 0.25) is 0 Å². The summed E-state index contributed by atoms with van der Waals surface area (Å²) in [7, 11) is -0.433. The summed E-state index contributed by atoms with van der Waals surface area (Å²) >= 11 is 0. The number of rotatable bonds is 7. The molecule has 0 N–H and O–H groups in total. The maximum atomic E-state index is 12.8. The number of hydrogen-bond acceptors (Lipinski definition) is 8. The molecule has 0 saturated carbocycles. The summed E-state index contributed by atoms with van der Waals surface area (Å²) in [5, 5.41) is 3.97. The van der Waals surface area contributed by atoms with Crippen molar-refractivity contribution >= 4 is 15.9 Å². The molecule has 11 heteroatoms. The highest BCUT2D eigenvalue weighted by Crippen LogP contribution is 2.22. The van der Waals surface area contributed by atoms with Gasteiger partial charge in [0.15, 0.2) is 0 Å². The molecule has 1 aliphatic heterocycles. The normalized spacial score (nSPS) is 14.7. The van der Waals surface area contributed by atoms with Gasteiger partial charge >= 0.3 is 0 Å². The zero-order valence-electron chi connectivity index (χ0n) is 18.3. The molecule has 0 bridgehead atoms. The highest BCUT2D eigenvalue weighted by Gasteiger charge is 2.26. The van der Waals surface area contributed by atoms with Gasteiger partial charge in [-0.05, 0) is 36.4 Å². The van der Waals surface area contributed by atoms with Crippen molar-refractivity contribution < 1.29 is 27.2 Å². The quantitative estimate of drug-likeness (QED) is 0.513. The molecule has 0 aliphatic carbocycles. The Bertz CT molecular complexity index is 1220. The first-order valence-corrected chi connectivity index (χ1v) is 11.7. The van der Waals surface area contributed by atoms with Crippen LogP contribution in [0.25, 0.3) is 11.4 Å². The molecule has 174 valence electrons. The van der Waals surface area contributed by atoms with Crippen molar-refractivity contribution in [3.8, 4) is 17.1 Å². The van der Waals surface area contributed by atoms with Gasteiger partial charge in [-0.25, -0.2) is 8.42 Å². The highest BCUT2D eigenvalue weighted by atomic mass is 32.2. The third-order valence-electron chi connectivity index (χ3n) is 5.22. The molecule has 1 amide bonds. The van der Waals surface area contributed by atoms with Gasteiger partial charge < -0.3 is 18.9 Å². The van der Waals surface area contributed by atoms with Crippen molar-refractivity contribution in [2.75, 3.05) is 40.5 Å². The van der Waals surface area contributed by atoms with Gasteiger partial charge in [-0.3, -0.25) is 4.79 Å². The average molecular weight is 473 g/mol. The molecule has 33 heavy (non-hydrogen) atoms. The van der Waals surface area contributed by atoms with E-state index in [0.717, 1.165) is 5.56 Å². The summed E-state index contributed by atoms with van der Waals surface area (Å²) in [5.74, 6) is 1.04. The number of morpholine rings is 1. The fourth-order valence-corrected chi connectivity index (χ4v) is 4.81. The van der Waals surface area contributed by atoms with Crippen LogP contribution < -0.4 is 4.74 Å². The fraction of sp³-hybridized carbons (Fsp3) is 0.318. The van der Waals surface area contributed by atoms with E-state index in [2.05, 4.69) is 10.1 Å². The molecule has 4 rings (SSSR count). The first kappa shape index (κ1) is 22.9. The average Bonchev–Trinajstić information content (AvgIpc) is 3.32. The van der Waals surface area contributed by atoms with Crippen LogP contribution in [-0.4, -0.2) is 74.1 Å². The lowest BCUT2D eigenvalue weighted by Gasteiger charge is -2.26. The van der Waals surface area contributed by atoms with Crippen LogP contribution in [0.1, 0.15) is 16.2 Å². The highest BCUT2D eigenvalue weighted by molar-refractivity contribution is 7.89. The van der Waals surface area contributed by atoms with E-state index in [9.17, 15) is 13.2 Å². The van der Waals surface area contributed by atoms with Crippen molar-refractivity contribution in [3.05, 3.63) is 60.0 Å². The Labute approximate surface area is 191 Å². The van der Waals surface area contributed by atoms with E-state index in [-0.39, 0.29) is 23.2 Å². The van der Waals surface area contributed by atoms with Crippen LogP contribution in [0.4, 0.5) is 0 Å². The monoisotopic (exact) mass is 472 g/mol. The van der Waals surface area contributed by atoms with Crippen LogP contribution in [0.3, 0.4) is 0 Å². The number of aromatic nitrogens is 2. The van der Waals surface area contributed by atoms with Gasteiger partial charge in [-0.2, -0.15) is 9.29 Å². The molecule has 0 unspecified atom stereocenters. The maximum Gasteiger partial charge on any atom is 0.254 e. The van der Waals surface area contributed by atoms with Crippen LogP contribution in [0.5, 0.6) is 5.75 Å². The molecule has 2 heterocycles. The van der Waals surface area contributed by atoms with Crippen molar-refractivity contribution in [1.29, 1.82) is 0 Å². The van der Waals surface area contributed by atoms with E-state index in [1.807, 2.05) is 18.2 Å². The Morgan fingerprint density at radius 1 is 1.15 bits per heavy atom. The molecule has 0 spiro atoms. The third kappa shape index (κ3) is 5.05. The van der Waals surface area contributed by atoms with Gasteiger partial charge in [0.25, 0.3) is 5.91 Å². The molecule has 2 aromatic carbocycles. The summed E-state index contributed by atoms with van der Waals surface area (Å²) in [6.45, 7) is 1.47. The molecule has 0 atom stereocenters. The van der Waals surface area contributed by atoms with Crippen LogP contribution >= 0.6 is 0 Å². The van der Waals surface area contributed by atoms with Crippen molar-refractivity contribution in [1.82, 2.24) is 19.3 Å². The van der Waals surface area contributed by atoms with E-state index in [0.29, 0.717) is 43.4 Å². The number of amides is 1. The van der Waals surface area contributed by atoms with Crippen LogP contribution in [-0.2, 0) is 21.3 Å². The zero-order chi connectivity index (χ0) is 23.4. The second kappa shape index (κ2) is 9.69. The van der Waals surface area contributed by atoms with Crippen LogP contribution in [0.15, 0.2) is 57.9 Å². The SMILES string of the molecule is COc1cccc(-c2noc(CN(C)C(=O)c3ccc(S(=O)(=O)N4CCOCC4)cc3)n2)c1. The van der Waals surface area contributed by atoms with Crippen LogP contribution in [0, 0.1) is 0 Å². The molecule has 0 radical (unpaired) electrons. The molecule has 10 nitrogen and oxygen atoms in total. The van der Waals surface area contributed by atoms with Gasteiger partial charge in [-0.15, -0.1) is 0 Å². The predicted octanol–water partition coefficient (Wildman–Crippen LogP) is 2.04. The molecule has 1 fully saturated rings. The number of ether oxygens (including phenoxy) is 2. The first-order valence-electron chi connectivity index (χ1n) is 10.3. The summed E-state index contributed by atoms with van der Waals surface area (Å²) < 4.78 is 42.6. The first-order chi connectivity index (χ1) is 15.9. The van der Waals surface area contributed by atoms with Crippen molar-refractivity contribution in [3.63, 3.8) is 0 Å². The largest absolute Gasteiger partial charge is 0.497 e. The number of carbonyl (C=O) groups excluding carboxylic acids is 1. The minimum atomic E-state index is -3.62. The molecular weight excluding hydrogens is 448 g/mol. The Balaban J connectivity index is 1.43. The minimum Gasteiger partial charge on any atom is -0.497 e. The standard InChI is InChI=1S/C22H24N4O6S/c1-25(15-20-23-21(24-32-20)17-4-3-5-18(14-17)30-2)22(27)16-6-8-19(9-7-16)33(28,29)26-10-12-31-13-11-26/h3-9,14H,10-13,15H2,1-2H3. The molecule has 1 aliphatic rings. The topological polar surface area (TPSA) is 115 Å². The van der Waals surface area contributed by atoms with Gasteiger partial charge in [-0.1, -0.05) is 17.3 Å². The molecule has 3 aromatic rings. The molecule has 1 aromatic heterocycles. The van der Waals surface area contributed by atoms with Crippen molar-refractivity contribution in [2.24, 2.45) is 0 Å². The number of sulfonamides is 1. The van der Waals surface area contributed by atoms with Crippen molar-refractivity contribution in [2.45, 2.75) is 11.4 Å². The number of methoxy groups -OCH3 is 1. The Morgan fingerprint density at radius 3 is 2.58 bits per heavy atom. The lowest BCUT2D eigenvalue weighted by molar-refractivity contribution is 0.0730. The zero-order valence-corrected chi connectivity index (χ0v) is 19.1. The van der Waals surface area contributed by atoms with Gasteiger partial charge in [0.05, 0.1) is 31.8 Å². The van der Waals surface area contributed by atoms with Gasteiger partial charge in [0, 0.05) is 31.3 Å². The Kier molecular flexibility index (Phi) is 6.72. The van der Waals surface area contributed by atoms with E-state index in [4.69, 9.17) is 14.0 Å². The predicted molar refractivity (Wildman–Crippen MR) is 118 cm³/mol. The Morgan fingerprint density at radius 2 is 1.88 bits per heavy atom. The molecular formula is C22H24N4O6S. The van der Waals surface area contributed by atoms with Gasteiger partial charge in [0.1, 0.15) is 5.75 Å². The second-order valence-electron chi connectivity index (χ2n) is 7.45. The minimum absolute atomic E-state index is 0.101. The smallest absolute Gasteiger partial charge is 0.254 e. The second-order valence-corrected chi connectivity index (χ2v) is 9.38. The lowest BCUT2D eigenvalue weighted by atomic mass is 10.2.